The molecule has 0 bridgehead atoms. The zero-order valence-corrected chi connectivity index (χ0v) is 22.1. The van der Waals surface area contributed by atoms with Crippen molar-refractivity contribution < 1.29 is 14.3 Å². The predicted octanol–water partition coefficient (Wildman–Crippen LogP) is 6.95. The maximum absolute atomic E-state index is 13.0. The topological polar surface area (TPSA) is 72.4 Å². The van der Waals surface area contributed by atoms with E-state index in [1.165, 1.54) is 22.7 Å². The fourth-order valence-electron chi connectivity index (χ4n) is 4.48. The third kappa shape index (κ3) is 5.68. The van der Waals surface area contributed by atoms with Gasteiger partial charge in [0.05, 0.1) is 5.25 Å². The van der Waals surface area contributed by atoms with Gasteiger partial charge in [-0.1, -0.05) is 42.5 Å². The average molecular weight is 524 g/mol. The van der Waals surface area contributed by atoms with Gasteiger partial charge in [-0.2, -0.15) is 0 Å². The first-order chi connectivity index (χ1) is 18.5. The number of nitrogens with one attached hydrogen (secondary N) is 2. The van der Waals surface area contributed by atoms with E-state index >= 15 is 0 Å². The lowest BCUT2D eigenvalue weighted by molar-refractivity contribution is -0.118. The molecule has 1 aromatic heterocycles. The lowest BCUT2D eigenvalue weighted by Gasteiger charge is -2.13. The molecule has 5 aromatic rings. The van der Waals surface area contributed by atoms with Gasteiger partial charge in [-0.05, 0) is 68.4 Å². The Labute approximate surface area is 226 Å². The van der Waals surface area contributed by atoms with Crippen molar-refractivity contribution in [2.45, 2.75) is 30.5 Å². The van der Waals surface area contributed by atoms with E-state index in [9.17, 15) is 9.59 Å². The van der Waals surface area contributed by atoms with Crippen molar-refractivity contribution >= 4 is 56.8 Å². The number of rotatable bonds is 9. The van der Waals surface area contributed by atoms with Crippen LogP contribution in [0.5, 0.6) is 5.75 Å². The molecular formula is C31H29N3O3S. The van der Waals surface area contributed by atoms with E-state index in [0.717, 1.165) is 28.0 Å². The number of ether oxygens (including phenoxy) is 1. The molecule has 0 radical (unpaired) electrons. The fourth-order valence-corrected chi connectivity index (χ4v) is 5.41. The molecule has 0 aliphatic rings. The van der Waals surface area contributed by atoms with Crippen LogP contribution in [0.25, 0.3) is 21.8 Å². The first kappa shape index (κ1) is 25.4. The number of hydrogen-bond donors (Lipinski definition) is 2. The number of benzene rings is 4. The number of carbonyl (C=O) groups is 2. The standard InChI is InChI=1S/C31H29N3O3S/c1-3-34-28-15-8-7-14-26(28)27-19-23(16-17-29(27)34)33-31(36)21(2)38-25-13-9-10-22(18-25)32-30(35)20-37-24-11-5-4-6-12-24/h4-19,21H,3,20H2,1-2H3,(H,32,35)(H,33,36). The van der Waals surface area contributed by atoms with Crippen molar-refractivity contribution in [2.24, 2.45) is 0 Å². The summed E-state index contributed by atoms with van der Waals surface area (Å²) in [5, 5.41) is 7.89. The van der Waals surface area contributed by atoms with Crippen molar-refractivity contribution in [1.82, 2.24) is 4.57 Å². The largest absolute Gasteiger partial charge is 0.484 e. The Morgan fingerprint density at radius 2 is 1.55 bits per heavy atom. The average Bonchev–Trinajstić information content (AvgIpc) is 3.25. The Bertz CT molecular complexity index is 1600. The molecule has 38 heavy (non-hydrogen) atoms. The predicted molar refractivity (Wildman–Crippen MR) is 156 cm³/mol. The zero-order chi connectivity index (χ0) is 26.5. The molecule has 4 aromatic carbocycles. The minimum absolute atomic E-state index is 0.0819. The Kier molecular flexibility index (Phi) is 7.65. The fraction of sp³-hybridized carbons (Fsp3) is 0.161. The van der Waals surface area contributed by atoms with E-state index in [2.05, 4.69) is 40.3 Å². The Morgan fingerprint density at radius 3 is 2.37 bits per heavy atom. The van der Waals surface area contributed by atoms with Crippen LogP contribution in [0.1, 0.15) is 13.8 Å². The van der Waals surface area contributed by atoms with E-state index in [-0.39, 0.29) is 23.7 Å². The highest BCUT2D eigenvalue weighted by molar-refractivity contribution is 8.00. The summed E-state index contributed by atoms with van der Waals surface area (Å²) in [6.07, 6.45) is 0. The van der Waals surface area contributed by atoms with Gasteiger partial charge in [-0.3, -0.25) is 9.59 Å². The Hall–Kier alpha value is -4.23. The van der Waals surface area contributed by atoms with E-state index in [0.29, 0.717) is 11.4 Å². The smallest absolute Gasteiger partial charge is 0.262 e. The molecule has 7 heteroatoms. The molecule has 2 N–H and O–H groups in total. The summed E-state index contributed by atoms with van der Waals surface area (Å²) in [6.45, 7) is 4.81. The molecule has 1 atom stereocenters. The van der Waals surface area contributed by atoms with Crippen molar-refractivity contribution in [1.29, 1.82) is 0 Å². The first-order valence-electron chi connectivity index (χ1n) is 12.6. The summed E-state index contributed by atoms with van der Waals surface area (Å²) >= 11 is 1.44. The number of amides is 2. The van der Waals surface area contributed by atoms with E-state index in [4.69, 9.17) is 4.74 Å². The number of anilines is 2. The van der Waals surface area contributed by atoms with Gasteiger partial charge < -0.3 is 19.9 Å². The van der Waals surface area contributed by atoms with E-state index < -0.39 is 0 Å². The van der Waals surface area contributed by atoms with E-state index in [1.807, 2.05) is 73.7 Å². The number of nitrogens with zero attached hydrogens (tertiary/aromatic N) is 1. The van der Waals surface area contributed by atoms with Crippen LogP contribution in [0.4, 0.5) is 11.4 Å². The highest BCUT2D eigenvalue weighted by Gasteiger charge is 2.17. The van der Waals surface area contributed by atoms with Gasteiger partial charge >= 0.3 is 0 Å². The van der Waals surface area contributed by atoms with Crippen molar-refractivity contribution in [2.75, 3.05) is 17.2 Å². The highest BCUT2D eigenvalue weighted by atomic mass is 32.2. The second-order valence-corrected chi connectivity index (χ2v) is 10.3. The number of aryl methyl sites for hydroxylation is 1. The number of aromatic nitrogens is 1. The van der Waals surface area contributed by atoms with Crippen LogP contribution in [-0.2, 0) is 16.1 Å². The summed E-state index contributed by atoms with van der Waals surface area (Å²) in [7, 11) is 0. The van der Waals surface area contributed by atoms with Gasteiger partial charge in [-0.25, -0.2) is 0 Å². The summed E-state index contributed by atoms with van der Waals surface area (Å²) in [5.74, 6) is 0.308. The van der Waals surface area contributed by atoms with Crippen LogP contribution in [0.3, 0.4) is 0 Å². The Morgan fingerprint density at radius 1 is 0.816 bits per heavy atom. The SMILES string of the molecule is CCn1c2ccccc2c2cc(NC(=O)C(C)Sc3cccc(NC(=O)COc4ccccc4)c3)ccc21. The monoisotopic (exact) mass is 523 g/mol. The third-order valence-corrected chi connectivity index (χ3v) is 7.36. The van der Waals surface area contributed by atoms with Gasteiger partial charge in [0, 0.05) is 44.6 Å². The molecule has 0 saturated carbocycles. The molecule has 1 unspecified atom stereocenters. The third-order valence-electron chi connectivity index (χ3n) is 6.27. The quantitative estimate of drug-likeness (QED) is 0.205. The summed E-state index contributed by atoms with van der Waals surface area (Å²) < 4.78 is 7.80. The van der Waals surface area contributed by atoms with E-state index in [1.54, 1.807) is 12.1 Å². The molecule has 0 aliphatic carbocycles. The van der Waals surface area contributed by atoms with Crippen LogP contribution in [0.15, 0.2) is 102 Å². The molecule has 0 spiro atoms. The molecule has 192 valence electrons. The van der Waals surface area contributed by atoms with Crippen LogP contribution in [0.2, 0.25) is 0 Å². The zero-order valence-electron chi connectivity index (χ0n) is 21.3. The summed E-state index contributed by atoms with van der Waals surface area (Å²) in [6, 6.07) is 31.1. The first-order valence-corrected chi connectivity index (χ1v) is 13.5. The lowest BCUT2D eigenvalue weighted by Crippen LogP contribution is -2.22. The minimum atomic E-state index is -0.338. The number of thioether (sulfide) groups is 1. The molecular weight excluding hydrogens is 494 g/mol. The van der Waals surface area contributed by atoms with Crippen molar-refractivity contribution in [3.05, 3.63) is 97.1 Å². The maximum atomic E-state index is 13.0. The molecule has 6 nitrogen and oxygen atoms in total. The molecule has 0 saturated heterocycles. The molecule has 5 rings (SSSR count). The van der Waals surface area contributed by atoms with Gasteiger partial charge in [-0.15, -0.1) is 11.8 Å². The number of carbonyl (C=O) groups excluding carboxylic acids is 2. The summed E-state index contributed by atoms with van der Waals surface area (Å²) in [5.41, 5.74) is 3.77. The van der Waals surface area contributed by atoms with Gasteiger partial charge in [0.15, 0.2) is 6.61 Å². The number of hydrogen-bond acceptors (Lipinski definition) is 4. The Balaban J connectivity index is 1.21. The highest BCUT2D eigenvalue weighted by Crippen LogP contribution is 2.32. The second kappa shape index (κ2) is 11.4. The lowest BCUT2D eigenvalue weighted by atomic mass is 10.1. The molecule has 2 amide bonds. The number of fused-ring (bicyclic) bond motifs is 3. The van der Waals surface area contributed by atoms with Crippen molar-refractivity contribution in [3.8, 4) is 5.75 Å². The normalized spacial score (nSPS) is 11.8. The van der Waals surface area contributed by atoms with Gasteiger partial charge in [0.2, 0.25) is 5.91 Å². The number of para-hydroxylation sites is 2. The van der Waals surface area contributed by atoms with Crippen molar-refractivity contribution in [3.63, 3.8) is 0 Å². The van der Waals surface area contributed by atoms with Crippen LogP contribution in [0, 0.1) is 0 Å². The molecule has 0 fully saturated rings. The van der Waals surface area contributed by atoms with Gasteiger partial charge in [0.25, 0.3) is 5.91 Å². The molecule has 1 heterocycles. The van der Waals surface area contributed by atoms with Crippen LogP contribution >= 0.6 is 11.8 Å². The molecule has 0 aliphatic heterocycles. The minimum Gasteiger partial charge on any atom is -0.484 e. The van der Waals surface area contributed by atoms with Crippen LogP contribution < -0.4 is 15.4 Å². The van der Waals surface area contributed by atoms with Crippen LogP contribution in [-0.4, -0.2) is 28.2 Å². The maximum Gasteiger partial charge on any atom is 0.262 e. The van der Waals surface area contributed by atoms with Gasteiger partial charge in [0.1, 0.15) is 5.75 Å². The summed E-state index contributed by atoms with van der Waals surface area (Å²) in [4.78, 5) is 26.2. The second-order valence-electron chi connectivity index (χ2n) is 8.92.